The topological polar surface area (TPSA) is 53.4 Å². The molecule has 1 aliphatic carbocycles. The summed E-state index contributed by atoms with van der Waals surface area (Å²) in [6, 6.07) is 6.49. The third-order valence-corrected chi connectivity index (χ3v) is 3.71. The van der Waals surface area contributed by atoms with Crippen LogP contribution in [0.5, 0.6) is 0 Å². The fourth-order valence-corrected chi connectivity index (χ4v) is 2.63. The van der Waals surface area contributed by atoms with Crippen LogP contribution in [0.4, 0.5) is 4.39 Å². The molecule has 0 bridgehead atoms. The highest BCUT2D eigenvalue weighted by Gasteiger charge is 2.25. The van der Waals surface area contributed by atoms with Crippen LogP contribution in [0.15, 0.2) is 30.5 Å². The average Bonchev–Trinajstić information content (AvgIpc) is 3.21. The number of halogens is 1. The molecule has 4 nitrogen and oxygen atoms in total. The maximum absolute atomic E-state index is 13.7. The Labute approximate surface area is 122 Å². The summed E-state index contributed by atoms with van der Waals surface area (Å²) in [5, 5.41) is 9.78. The zero-order chi connectivity index (χ0) is 14.8. The highest BCUT2D eigenvalue weighted by Crippen LogP contribution is 2.30. The van der Waals surface area contributed by atoms with E-state index in [1.54, 1.807) is 12.3 Å². The molecule has 0 amide bonds. The van der Waals surface area contributed by atoms with Crippen LogP contribution in [-0.2, 0) is 11.3 Å². The predicted octanol–water partition coefficient (Wildman–Crippen LogP) is 2.67. The first-order valence-corrected chi connectivity index (χ1v) is 7.09. The zero-order valence-corrected chi connectivity index (χ0v) is 11.6. The van der Waals surface area contributed by atoms with Crippen LogP contribution in [0.1, 0.15) is 18.4 Å². The molecule has 0 unspecified atom stereocenters. The van der Waals surface area contributed by atoms with Crippen molar-refractivity contribution < 1.29 is 14.3 Å². The van der Waals surface area contributed by atoms with E-state index in [4.69, 9.17) is 5.11 Å². The average molecular weight is 288 g/mol. The number of hydrogen-bond acceptors (Lipinski definition) is 3. The van der Waals surface area contributed by atoms with Crippen molar-refractivity contribution in [1.29, 1.82) is 0 Å². The third-order valence-electron chi connectivity index (χ3n) is 3.71. The quantitative estimate of drug-likeness (QED) is 0.888. The molecule has 21 heavy (non-hydrogen) atoms. The van der Waals surface area contributed by atoms with Gasteiger partial charge in [0.1, 0.15) is 5.82 Å². The largest absolute Gasteiger partial charge is 0.480 e. The molecule has 5 heteroatoms. The summed E-state index contributed by atoms with van der Waals surface area (Å²) in [5.74, 6) is -0.589. The molecule has 0 atom stereocenters. The van der Waals surface area contributed by atoms with Gasteiger partial charge in [-0.05, 0) is 42.5 Å². The molecule has 1 aliphatic rings. The van der Waals surface area contributed by atoms with Crippen molar-refractivity contribution in [3.63, 3.8) is 0 Å². The van der Waals surface area contributed by atoms with Crippen molar-refractivity contribution in [2.45, 2.75) is 19.4 Å². The van der Waals surface area contributed by atoms with E-state index < -0.39 is 5.97 Å². The van der Waals surface area contributed by atoms with Gasteiger partial charge in [0, 0.05) is 24.7 Å². The number of carboxylic acids is 1. The number of hydrogen-bond donors (Lipinski definition) is 1. The lowest BCUT2D eigenvalue weighted by atomic mass is 10.1. The van der Waals surface area contributed by atoms with Gasteiger partial charge < -0.3 is 5.11 Å². The van der Waals surface area contributed by atoms with E-state index >= 15 is 0 Å². The normalized spacial score (nSPS) is 14.8. The van der Waals surface area contributed by atoms with Gasteiger partial charge in [0.15, 0.2) is 0 Å². The Morgan fingerprint density at radius 2 is 2.24 bits per heavy atom. The molecular weight excluding hydrogens is 271 g/mol. The number of nitrogens with zero attached hydrogens (tertiary/aromatic N) is 2. The van der Waals surface area contributed by atoms with Crippen LogP contribution in [-0.4, -0.2) is 34.0 Å². The number of carboxylic acid groups (broad SMARTS) is 1. The van der Waals surface area contributed by atoms with E-state index in [0.29, 0.717) is 12.5 Å². The van der Waals surface area contributed by atoms with Crippen LogP contribution in [0, 0.1) is 11.7 Å². The van der Waals surface area contributed by atoms with Gasteiger partial charge in [-0.15, -0.1) is 0 Å². The van der Waals surface area contributed by atoms with Crippen molar-refractivity contribution >= 4 is 16.9 Å². The Hall–Kier alpha value is -2.01. The number of carbonyl (C=O) groups is 1. The summed E-state index contributed by atoms with van der Waals surface area (Å²) >= 11 is 0. The van der Waals surface area contributed by atoms with Crippen molar-refractivity contribution in [1.82, 2.24) is 9.88 Å². The molecular formula is C16H17FN2O2. The standard InChI is InChI=1S/C16H17FN2O2/c17-14-6-12-2-1-5-18-16(12)13(7-14)9-19(10-15(20)21)8-11-3-4-11/h1-2,5-7,11H,3-4,8-10H2,(H,20,21). The minimum Gasteiger partial charge on any atom is -0.480 e. The van der Waals surface area contributed by atoms with E-state index in [1.165, 1.54) is 12.1 Å². The summed E-state index contributed by atoms with van der Waals surface area (Å²) < 4.78 is 13.7. The number of aliphatic carboxylic acids is 1. The number of fused-ring (bicyclic) bond motifs is 1. The molecule has 1 fully saturated rings. The summed E-state index contributed by atoms with van der Waals surface area (Å²) in [4.78, 5) is 17.2. The molecule has 1 heterocycles. The molecule has 2 aromatic rings. The second-order valence-electron chi connectivity index (χ2n) is 5.65. The lowest BCUT2D eigenvalue weighted by molar-refractivity contribution is -0.138. The van der Waals surface area contributed by atoms with Crippen molar-refractivity contribution in [2.24, 2.45) is 5.92 Å². The summed E-state index contributed by atoms with van der Waals surface area (Å²) in [6.07, 6.45) is 3.97. The van der Waals surface area contributed by atoms with E-state index in [2.05, 4.69) is 4.98 Å². The van der Waals surface area contributed by atoms with Crippen LogP contribution in [0.3, 0.4) is 0 Å². The minimum absolute atomic E-state index is 0.0264. The van der Waals surface area contributed by atoms with Gasteiger partial charge in [-0.25, -0.2) is 4.39 Å². The lowest BCUT2D eigenvalue weighted by Crippen LogP contribution is -2.31. The molecule has 0 saturated heterocycles. The highest BCUT2D eigenvalue weighted by molar-refractivity contribution is 5.81. The van der Waals surface area contributed by atoms with E-state index in [1.807, 2.05) is 11.0 Å². The smallest absolute Gasteiger partial charge is 0.317 e. The molecule has 0 aliphatic heterocycles. The maximum atomic E-state index is 13.7. The first-order valence-electron chi connectivity index (χ1n) is 7.09. The van der Waals surface area contributed by atoms with Gasteiger partial charge >= 0.3 is 5.97 Å². The van der Waals surface area contributed by atoms with Crippen LogP contribution < -0.4 is 0 Å². The second kappa shape index (κ2) is 5.77. The number of benzene rings is 1. The second-order valence-corrected chi connectivity index (χ2v) is 5.65. The van der Waals surface area contributed by atoms with E-state index in [-0.39, 0.29) is 12.4 Å². The van der Waals surface area contributed by atoms with E-state index in [9.17, 15) is 9.18 Å². The highest BCUT2D eigenvalue weighted by atomic mass is 19.1. The molecule has 1 N–H and O–H groups in total. The number of rotatable bonds is 6. The lowest BCUT2D eigenvalue weighted by Gasteiger charge is -2.20. The summed E-state index contributed by atoms with van der Waals surface area (Å²) in [5.41, 5.74) is 1.48. The minimum atomic E-state index is -0.857. The van der Waals surface area contributed by atoms with Crippen molar-refractivity contribution in [3.8, 4) is 0 Å². The predicted molar refractivity (Wildman–Crippen MR) is 77.3 cm³/mol. The summed E-state index contributed by atoms with van der Waals surface area (Å²) in [7, 11) is 0. The molecule has 0 radical (unpaired) electrons. The molecule has 110 valence electrons. The number of pyridine rings is 1. The van der Waals surface area contributed by atoms with Crippen LogP contribution in [0.2, 0.25) is 0 Å². The Morgan fingerprint density at radius 3 is 2.95 bits per heavy atom. The Bertz CT molecular complexity index is 670. The van der Waals surface area contributed by atoms with Gasteiger partial charge in [0.2, 0.25) is 0 Å². The first-order chi connectivity index (χ1) is 10.1. The monoisotopic (exact) mass is 288 g/mol. The third kappa shape index (κ3) is 3.55. The Balaban J connectivity index is 1.88. The van der Waals surface area contributed by atoms with Gasteiger partial charge in [-0.3, -0.25) is 14.7 Å². The molecule has 0 spiro atoms. The summed E-state index contributed by atoms with van der Waals surface area (Å²) in [6.45, 7) is 1.13. The van der Waals surface area contributed by atoms with Gasteiger partial charge in [-0.1, -0.05) is 6.07 Å². The van der Waals surface area contributed by atoms with Crippen molar-refractivity contribution in [3.05, 3.63) is 41.8 Å². The molecule has 3 rings (SSSR count). The van der Waals surface area contributed by atoms with Crippen LogP contribution >= 0.6 is 0 Å². The van der Waals surface area contributed by atoms with Gasteiger partial charge in [-0.2, -0.15) is 0 Å². The molecule has 1 aromatic carbocycles. The zero-order valence-electron chi connectivity index (χ0n) is 11.6. The van der Waals surface area contributed by atoms with E-state index in [0.717, 1.165) is 35.9 Å². The Morgan fingerprint density at radius 1 is 1.43 bits per heavy atom. The Kier molecular flexibility index (Phi) is 3.84. The van der Waals surface area contributed by atoms with Crippen LogP contribution in [0.25, 0.3) is 10.9 Å². The molecule has 1 saturated carbocycles. The molecule has 1 aromatic heterocycles. The van der Waals surface area contributed by atoms with Gasteiger partial charge in [0.25, 0.3) is 0 Å². The fourth-order valence-electron chi connectivity index (χ4n) is 2.63. The maximum Gasteiger partial charge on any atom is 0.317 e. The van der Waals surface area contributed by atoms with Crippen molar-refractivity contribution in [2.75, 3.05) is 13.1 Å². The number of aromatic nitrogens is 1. The van der Waals surface area contributed by atoms with Gasteiger partial charge in [0.05, 0.1) is 12.1 Å². The first kappa shape index (κ1) is 13.9. The SMILES string of the molecule is O=C(O)CN(Cc1cc(F)cc2cccnc12)CC1CC1. The fraction of sp³-hybridized carbons (Fsp3) is 0.375.